The molecule has 0 spiro atoms. The van der Waals surface area contributed by atoms with Crippen LogP contribution in [0.2, 0.25) is 0 Å². The smallest absolute Gasteiger partial charge is 0.0493 e. The molecule has 1 rings (SSSR count). The molecule has 0 aromatic rings. The van der Waals surface area contributed by atoms with Crippen molar-refractivity contribution >= 4 is 0 Å². The maximum atomic E-state index is 5.30. The van der Waals surface area contributed by atoms with E-state index in [0.29, 0.717) is 11.3 Å². The average molecular weight is 199 g/mol. The molecule has 0 aromatic carbocycles. The summed E-state index contributed by atoms with van der Waals surface area (Å²) >= 11 is 0. The standard InChI is InChI=1S/C12H25NO/c1-11(9-14-3)12(10-13-2)7-5-4-6-8-12/h11,13H,4-10H2,1-3H3. The van der Waals surface area contributed by atoms with Crippen LogP contribution in [0.4, 0.5) is 0 Å². The van der Waals surface area contributed by atoms with Gasteiger partial charge in [0.15, 0.2) is 0 Å². The maximum absolute atomic E-state index is 5.30. The fourth-order valence-electron chi connectivity index (χ4n) is 2.88. The van der Waals surface area contributed by atoms with Gasteiger partial charge >= 0.3 is 0 Å². The lowest BCUT2D eigenvalue weighted by molar-refractivity contribution is 0.0413. The minimum Gasteiger partial charge on any atom is -0.384 e. The van der Waals surface area contributed by atoms with Gasteiger partial charge < -0.3 is 10.1 Å². The van der Waals surface area contributed by atoms with Crippen molar-refractivity contribution in [1.29, 1.82) is 0 Å². The summed E-state index contributed by atoms with van der Waals surface area (Å²) in [5.41, 5.74) is 0.503. The summed E-state index contributed by atoms with van der Waals surface area (Å²) in [6.07, 6.45) is 6.97. The molecule has 0 bridgehead atoms. The van der Waals surface area contributed by atoms with Gasteiger partial charge in [-0.3, -0.25) is 0 Å². The zero-order valence-corrected chi connectivity index (χ0v) is 9.94. The number of hydrogen-bond donors (Lipinski definition) is 1. The molecular formula is C12H25NO. The molecule has 1 N–H and O–H groups in total. The molecule has 0 heterocycles. The molecule has 0 radical (unpaired) electrons. The zero-order chi connectivity index (χ0) is 10.4. The predicted molar refractivity (Wildman–Crippen MR) is 60.5 cm³/mol. The summed E-state index contributed by atoms with van der Waals surface area (Å²) in [7, 11) is 3.88. The van der Waals surface area contributed by atoms with Gasteiger partial charge in [0.2, 0.25) is 0 Å². The Morgan fingerprint density at radius 1 is 1.29 bits per heavy atom. The molecule has 1 unspecified atom stereocenters. The molecule has 1 atom stereocenters. The lowest BCUT2D eigenvalue weighted by Crippen LogP contribution is -2.41. The van der Waals surface area contributed by atoms with Crippen LogP contribution in [0, 0.1) is 11.3 Å². The van der Waals surface area contributed by atoms with Gasteiger partial charge in [-0.25, -0.2) is 0 Å². The first-order valence-electron chi connectivity index (χ1n) is 5.89. The number of hydrogen-bond acceptors (Lipinski definition) is 2. The Labute approximate surface area is 88.4 Å². The van der Waals surface area contributed by atoms with Crippen molar-refractivity contribution in [1.82, 2.24) is 5.32 Å². The first kappa shape index (κ1) is 12.0. The summed E-state index contributed by atoms with van der Waals surface area (Å²) in [5.74, 6) is 0.681. The van der Waals surface area contributed by atoms with E-state index in [1.54, 1.807) is 0 Å². The van der Waals surface area contributed by atoms with Crippen LogP contribution in [0.3, 0.4) is 0 Å². The molecule has 0 aliphatic heterocycles. The van der Waals surface area contributed by atoms with E-state index in [1.165, 1.54) is 32.1 Å². The van der Waals surface area contributed by atoms with E-state index in [0.717, 1.165) is 13.2 Å². The highest BCUT2D eigenvalue weighted by Crippen LogP contribution is 2.42. The van der Waals surface area contributed by atoms with E-state index >= 15 is 0 Å². The molecule has 1 aliphatic rings. The third kappa shape index (κ3) is 2.71. The lowest BCUT2D eigenvalue weighted by atomic mass is 9.66. The van der Waals surface area contributed by atoms with Crippen LogP contribution in [0.1, 0.15) is 39.0 Å². The molecule has 84 valence electrons. The quantitative estimate of drug-likeness (QED) is 0.734. The van der Waals surface area contributed by atoms with E-state index in [4.69, 9.17) is 4.74 Å². The van der Waals surface area contributed by atoms with Crippen LogP contribution in [0.5, 0.6) is 0 Å². The van der Waals surface area contributed by atoms with Crippen molar-refractivity contribution < 1.29 is 4.74 Å². The van der Waals surface area contributed by atoms with Gasteiger partial charge in [-0.15, -0.1) is 0 Å². The molecule has 1 saturated carbocycles. The first-order valence-corrected chi connectivity index (χ1v) is 5.89. The minimum absolute atomic E-state index is 0.503. The minimum atomic E-state index is 0.503. The largest absolute Gasteiger partial charge is 0.384 e. The average Bonchev–Trinajstić information content (AvgIpc) is 2.20. The van der Waals surface area contributed by atoms with Crippen LogP contribution in [0.15, 0.2) is 0 Å². The van der Waals surface area contributed by atoms with E-state index < -0.39 is 0 Å². The molecule has 0 amide bonds. The van der Waals surface area contributed by atoms with Gasteiger partial charge in [-0.1, -0.05) is 26.2 Å². The van der Waals surface area contributed by atoms with Crippen molar-refractivity contribution in [2.45, 2.75) is 39.0 Å². The molecule has 0 aromatic heterocycles. The SMILES string of the molecule is CNCC1(C(C)COC)CCCCC1. The lowest BCUT2D eigenvalue weighted by Gasteiger charge is -2.42. The monoisotopic (exact) mass is 199 g/mol. The predicted octanol–water partition coefficient (Wildman–Crippen LogP) is 2.44. The van der Waals surface area contributed by atoms with E-state index in [-0.39, 0.29) is 0 Å². The second-order valence-corrected chi connectivity index (χ2v) is 4.81. The molecule has 1 fully saturated rings. The van der Waals surface area contributed by atoms with Gasteiger partial charge in [0.25, 0.3) is 0 Å². The normalized spacial score (nSPS) is 23.4. The van der Waals surface area contributed by atoms with Crippen LogP contribution >= 0.6 is 0 Å². The van der Waals surface area contributed by atoms with Crippen LogP contribution in [-0.2, 0) is 4.74 Å². The second kappa shape index (κ2) is 5.72. The molecule has 2 heteroatoms. The van der Waals surface area contributed by atoms with Crippen LogP contribution in [-0.4, -0.2) is 27.3 Å². The summed E-state index contributed by atoms with van der Waals surface area (Å²) in [6, 6.07) is 0. The van der Waals surface area contributed by atoms with Crippen LogP contribution in [0.25, 0.3) is 0 Å². The Kier molecular flexibility index (Phi) is 4.90. The highest BCUT2D eigenvalue weighted by molar-refractivity contribution is 4.88. The zero-order valence-electron chi connectivity index (χ0n) is 9.94. The molecular weight excluding hydrogens is 174 g/mol. The van der Waals surface area contributed by atoms with Crippen LogP contribution < -0.4 is 5.32 Å². The summed E-state index contributed by atoms with van der Waals surface area (Å²) in [4.78, 5) is 0. The fourth-order valence-corrected chi connectivity index (χ4v) is 2.88. The highest BCUT2D eigenvalue weighted by Gasteiger charge is 2.36. The number of rotatable bonds is 5. The fraction of sp³-hybridized carbons (Fsp3) is 1.00. The Morgan fingerprint density at radius 3 is 2.43 bits per heavy atom. The Hall–Kier alpha value is -0.0800. The van der Waals surface area contributed by atoms with E-state index in [9.17, 15) is 0 Å². The summed E-state index contributed by atoms with van der Waals surface area (Å²) in [6.45, 7) is 4.39. The third-order valence-corrected chi connectivity index (χ3v) is 3.84. The van der Waals surface area contributed by atoms with E-state index in [2.05, 4.69) is 19.3 Å². The van der Waals surface area contributed by atoms with Gasteiger partial charge in [0.05, 0.1) is 0 Å². The Bertz CT molecular complexity index is 147. The number of nitrogens with one attached hydrogen (secondary N) is 1. The van der Waals surface area contributed by atoms with Crippen molar-refractivity contribution in [3.8, 4) is 0 Å². The Balaban J connectivity index is 2.58. The number of ether oxygens (including phenoxy) is 1. The molecule has 1 aliphatic carbocycles. The maximum Gasteiger partial charge on any atom is 0.0493 e. The van der Waals surface area contributed by atoms with Gasteiger partial charge in [0, 0.05) is 20.3 Å². The van der Waals surface area contributed by atoms with Gasteiger partial charge in [-0.05, 0) is 31.2 Å². The van der Waals surface area contributed by atoms with Gasteiger partial charge in [-0.2, -0.15) is 0 Å². The van der Waals surface area contributed by atoms with Gasteiger partial charge in [0.1, 0.15) is 0 Å². The number of methoxy groups -OCH3 is 1. The topological polar surface area (TPSA) is 21.3 Å². The first-order chi connectivity index (χ1) is 6.75. The van der Waals surface area contributed by atoms with Crippen molar-refractivity contribution in [2.75, 3.05) is 27.3 Å². The summed E-state index contributed by atoms with van der Waals surface area (Å²) < 4.78 is 5.30. The molecule has 14 heavy (non-hydrogen) atoms. The van der Waals surface area contributed by atoms with Crippen molar-refractivity contribution in [2.24, 2.45) is 11.3 Å². The van der Waals surface area contributed by atoms with E-state index in [1.807, 2.05) is 7.11 Å². The Morgan fingerprint density at radius 2 is 1.93 bits per heavy atom. The molecule has 0 saturated heterocycles. The molecule has 2 nitrogen and oxygen atoms in total. The summed E-state index contributed by atoms with van der Waals surface area (Å²) in [5, 5.41) is 3.36. The van der Waals surface area contributed by atoms with Crippen molar-refractivity contribution in [3.63, 3.8) is 0 Å². The van der Waals surface area contributed by atoms with Crippen molar-refractivity contribution in [3.05, 3.63) is 0 Å². The second-order valence-electron chi connectivity index (χ2n) is 4.81. The highest BCUT2D eigenvalue weighted by atomic mass is 16.5. The third-order valence-electron chi connectivity index (χ3n) is 3.84.